The predicted molar refractivity (Wildman–Crippen MR) is 84.9 cm³/mol. The summed E-state index contributed by atoms with van der Waals surface area (Å²) in [6, 6.07) is 7.09. The lowest BCUT2D eigenvalue weighted by Gasteiger charge is -2.25. The minimum absolute atomic E-state index is 0.0710. The third-order valence-electron chi connectivity index (χ3n) is 3.89. The molecule has 1 aliphatic heterocycles. The van der Waals surface area contributed by atoms with Crippen molar-refractivity contribution in [1.82, 2.24) is 10.9 Å². The second kappa shape index (κ2) is 6.27. The van der Waals surface area contributed by atoms with E-state index >= 15 is 0 Å². The highest BCUT2D eigenvalue weighted by atomic mass is 16.6. The summed E-state index contributed by atoms with van der Waals surface area (Å²) in [5.74, 6) is 1.33. The van der Waals surface area contributed by atoms with Gasteiger partial charge in [-0.25, -0.2) is 0 Å². The standard InChI is InChI=1S/C17H18N2O5/c1-9-10(2)23-11(3)15(9)17(21)19-18-16(20)14-8-22-12-6-4-5-7-13(12)24-14/h4-7,14H,8H2,1-3H3,(H,18,20)(H,19,21). The van der Waals surface area contributed by atoms with Crippen LogP contribution in [0.4, 0.5) is 0 Å². The number of hydrogen-bond donors (Lipinski definition) is 2. The Morgan fingerprint density at radius 2 is 1.75 bits per heavy atom. The van der Waals surface area contributed by atoms with Crippen LogP contribution in [0.15, 0.2) is 28.7 Å². The molecule has 2 amide bonds. The van der Waals surface area contributed by atoms with E-state index in [1.54, 1.807) is 39.0 Å². The van der Waals surface area contributed by atoms with E-state index < -0.39 is 17.9 Å². The SMILES string of the molecule is Cc1oc(C)c(C(=O)NNC(=O)C2COc3ccccc3O2)c1C. The number of aryl methyl sites for hydroxylation is 2. The number of fused-ring (bicyclic) bond motifs is 1. The van der Waals surface area contributed by atoms with Crippen LogP contribution in [0.1, 0.15) is 27.4 Å². The number of hydrazine groups is 1. The van der Waals surface area contributed by atoms with Crippen molar-refractivity contribution in [3.63, 3.8) is 0 Å². The van der Waals surface area contributed by atoms with E-state index in [0.717, 1.165) is 5.56 Å². The van der Waals surface area contributed by atoms with Gasteiger partial charge in [0.05, 0.1) is 5.56 Å². The number of rotatable bonds is 2. The van der Waals surface area contributed by atoms with Gasteiger partial charge in [-0.2, -0.15) is 0 Å². The highest BCUT2D eigenvalue weighted by Crippen LogP contribution is 2.30. The number of ether oxygens (including phenoxy) is 2. The van der Waals surface area contributed by atoms with Crippen molar-refractivity contribution in [2.75, 3.05) is 6.61 Å². The number of furan rings is 1. The Balaban J connectivity index is 1.61. The Kier molecular flexibility index (Phi) is 4.16. The highest BCUT2D eigenvalue weighted by Gasteiger charge is 2.28. The van der Waals surface area contributed by atoms with Crippen molar-refractivity contribution in [3.8, 4) is 11.5 Å². The van der Waals surface area contributed by atoms with Crippen LogP contribution >= 0.6 is 0 Å². The fraction of sp³-hybridized carbons (Fsp3) is 0.294. The topological polar surface area (TPSA) is 89.8 Å². The lowest BCUT2D eigenvalue weighted by molar-refractivity contribution is -0.131. The van der Waals surface area contributed by atoms with Gasteiger partial charge in [0.25, 0.3) is 11.8 Å². The van der Waals surface area contributed by atoms with Crippen molar-refractivity contribution in [3.05, 3.63) is 46.9 Å². The molecule has 1 aromatic carbocycles. The van der Waals surface area contributed by atoms with Crippen LogP contribution < -0.4 is 20.3 Å². The van der Waals surface area contributed by atoms with Gasteiger partial charge >= 0.3 is 0 Å². The molecule has 1 aliphatic rings. The molecule has 0 spiro atoms. The van der Waals surface area contributed by atoms with E-state index in [2.05, 4.69) is 10.9 Å². The van der Waals surface area contributed by atoms with Gasteiger partial charge in [-0.05, 0) is 32.9 Å². The smallest absolute Gasteiger partial charge is 0.283 e. The molecule has 0 radical (unpaired) electrons. The Labute approximate surface area is 138 Å². The first-order valence-electron chi connectivity index (χ1n) is 7.52. The zero-order valence-electron chi connectivity index (χ0n) is 13.6. The lowest BCUT2D eigenvalue weighted by atomic mass is 10.1. The average molecular weight is 330 g/mol. The first kappa shape index (κ1) is 15.9. The number of amides is 2. The largest absolute Gasteiger partial charge is 0.485 e. The zero-order valence-corrected chi connectivity index (χ0v) is 13.6. The average Bonchev–Trinajstić information content (AvgIpc) is 2.84. The summed E-state index contributed by atoms with van der Waals surface area (Å²) in [7, 11) is 0. The first-order valence-corrected chi connectivity index (χ1v) is 7.52. The summed E-state index contributed by atoms with van der Waals surface area (Å²) in [6.07, 6.45) is -0.839. The molecule has 24 heavy (non-hydrogen) atoms. The Morgan fingerprint density at radius 3 is 2.42 bits per heavy atom. The van der Waals surface area contributed by atoms with Crippen molar-refractivity contribution in [1.29, 1.82) is 0 Å². The lowest BCUT2D eigenvalue weighted by Crippen LogP contribution is -2.51. The predicted octanol–water partition coefficient (Wildman–Crippen LogP) is 1.81. The van der Waals surface area contributed by atoms with Crippen LogP contribution in [0.5, 0.6) is 11.5 Å². The molecule has 7 heteroatoms. The summed E-state index contributed by atoms with van der Waals surface area (Å²) in [6.45, 7) is 5.34. The van der Waals surface area contributed by atoms with Crippen LogP contribution in [0.3, 0.4) is 0 Å². The Hall–Kier alpha value is -2.96. The fourth-order valence-corrected chi connectivity index (χ4v) is 2.54. The van der Waals surface area contributed by atoms with Crippen LogP contribution in [-0.2, 0) is 4.79 Å². The molecule has 126 valence electrons. The summed E-state index contributed by atoms with van der Waals surface area (Å²) < 4.78 is 16.5. The van der Waals surface area contributed by atoms with Gasteiger partial charge in [0.2, 0.25) is 6.10 Å². The van der Waals surface area contributed by atoms with E-state index in [4.69, 9.17) is 13.9 Å². The number of para-hydroxylation sites is 2. The fourth-order valence-electron chi connectivity index (χ4n) is 2.54. The van der Waals surface area contributed by atoms with Crippen LogP contribution in [0.2, 0.25) is 0 Å². The number of benzene rings is 1. The third-order valence-corrected chi connectivity index (χ3v) is 3.89. The van der Waals surface area contributed by atoms with E-state index in [-0.39, 0.29) is 6.61 Å². The maximum absolute atomic E-state index is 12.2. The van der Waals surface area contributed by atoms with Gasteiger partial charge in [0.1, 0.15) is 18.1 Å². The second-order valence-corrected chi connectivity index (χ2v) is 5.52. The van der Waals surface area contributed by atoms with Crippen molar-refractivity contribution in [2.24, 2.45) is 0 Å². The molecule has 0 aliphatic carbocycles. The second-order valence-electron chi connectivity index (χ2n) is 5.52. The van der Waals surface area contributed by atoms with E-state index in [1.807, 2.05) is 6.07 Å². The maximum Gasteiger partial charge on any atom is 0.283 e. The molecular weight excluding hydrogens is 312 g/mol. The summed E-state index contributed by atoms with van der Waals surface area (Å²) in [4.78, 5) is 24.4. The monoisotopic (exact) mass is 330 g/mol. The van der Waals surface area contributed by atoms with Crippen molar-refractivity contribution in [2.45, 2.75) is 26.9 Å². The molecule has 0 saturated heterocycles. The number of nitrogens with one attached hydrogen (secondary N) is 2. The number of hydrogen-bond acceptors (Lipinski definition) is 5. The van der Waals surface area contributed by atoms with E-state index in [9.17, 15) is 9.59 Å². The van der Waals surface area contributed by atoms with Gasteiger partial charge in [-0.3, -0.25) is 20.4 Å². The molecule has 2 N–H and O–H groups in total. The van der Waals surface area contributed by atoms with Crippen LogP contribution in [-0.4, -0.2) is 24.5 Å². The summed E-state index contributed by atoms with van der Waals surface area (Å²) in [5.41, 5.74) is 5.90. The third kappa shape index (κ3) is 2.92. The van der Waals surface area contributed by atoms with Gasteiger partial charge in [-0.1, -0.05) is 12.1 Å². The van der Waals surface area contributed by atoms with Crippen molar-refractivity contribution >= 4 is 11.8 Å². The molecule has 0 bridgehead atoms. The van der Waals surface area contributed by atoms with Gasteiger partial charge < -0.3 is 13.9 Å². The first-order chi connectivity index (χ1) is 11.5. The van der Waals surface area contributed by atoms with Gasteiger partial charge in [0.15, 0.2) is 11.5 Å². The van der Waals surface area contributed by atoms with Gasteiger partial charge in [0, 0.05) is 5.56 Å². The summed E-state index contributed by atoms with van der Waals surface area (Å²) >= 11 is 0. The van der Waals surface area contributed by atoms with E-state index in [1.165, 1.54) is 0 Å². The van der Waals surface area contributed by atoms with E-state index in [0.29, 0.717) is 28.6 Å². The maximum atomic E-state index is 12.2. The quantitative estimate of drug-likeness (QED) is 0.820. The van der Waals surface area contributed by atoms with Crippen LogP contribution in [0, 0.1) is 20.8 Å². The molecule has 3 rings (SSSR count). The summed E-state index contributed by atoms with van der Waals surface area (Å²) in [5, 5.41) is 0. The highest BCUT2D eigenvalue weighted by molar-refractivity contribution is 5.98. The minimum Gasteiger partial charge on any atom is -0.485 e. The molecule has 2 aromatic rings. The van der Waals surface area contributed by atoms with Crippen LogP contribution in [0.25, 0.3) is 0 Å². The molecular formula is C17H18N2O5. The molecule has 1 aromatic heterocycles. The molecule has 0 saturated carbocycles. The number of carbonyl (C=O) groups is 2. The van der Waals surface area contributed by atoms with Crippen molar-refractivity contribution < 1.29 is 23.5 Å². The molecule has 1 unspecified atom stereocenters. The Morgan fingerprint density at radius 1 is 1.04 bits per heavy atom. The molecule has 1 atom stereocenters. The number of carbonyl (C=O) groups excluding carboxylic acids is 2. The molecule has 7 nitrogen and oxygen atoms in total. The van der Waals surface area contributed by atoms with Gasteiger partial charge in [-0.15, -0.1) is 0 Å². The zero-order chi connectivity index (χ0) is 17.3. The Bertz CT molecular complexity index is 796. The minimum atomic E-state index is -0.839. The normalized spacial score (nSPS) is 15.7. The molecule has 2 heterocycles. The molecule has 0 fully saturated rings.